The van der Waals surface area contributed by atoms with Crippen LogP contribution in [0.25, 0.3) is 0 Å². The van der Waals surface area contributed by atoms with Crippen molar-refractivity contribution in [1.82, 2.24) is 5.32 Å². The molecule has 1 aromatic rings. The van der Waals surface area contributed by atoms with Crippen molar-refractivity contribution >= 4 is 17.3 Å². The molecule has 1 heterocycles. The van der Waals surface area contributed by atoms with Gasteiger partial charge in [-0.3, -0.25) is 4.79 Å². The molecule has 2 rings (SSSR count). The Labute approximate surface area is 100 Å². The smallest absolute Gasteiger partial charge is 0.251 e. The van der Waals surface area contributed by atoms with Gasteiger partial charge in [0.05, 0.1) is 11.4 Å². The Kier molecular flexibility index (Phi) is 3.49. The summed E-state index contributed by atoms with van der Waals surface area (Å²) in [6, 6.07) is 5.12. The maximum atomic E-state index is 11.9. The van der Waals surface area contributed by atoms with E-state index in [4.69, 9.17) is 16.2 Å². The molecule has 92 valence electrons. The number of ether oxygens (including phenoxy) is 1. The number of carbonyl (C=O) groups excluding carboxylic acids is 1. The lowest BCUT2D eigenvalue weighted by molar-refractivity contribution is 0.0696. The Balaban J connectivity index is 2.01. The maximum Gasteiger partial charge on any atom is 0.251 e. The number of carbonyl (C=O) groups is 1. The first-order chi connectivity index (χ1) is 8.16. The van der Waals surface area contributed by atoms with Gasteiger partial charge in [-0.1, -0.05) is 0 Å². The van der Waals surface area contributed by atoms with Gasteiger partial charge in [-0.25, -0.2) is 0 Å². The molecule has 5 nitrogen and oxygen atoms in total. The van der Waals surface area contributed by atoms with E-state index in [0.29, 0.717) is 30.2 Å². The third-order valence-electron chi connectivity index (χ3n) is 2.91. The Morgan fingerprint density at radius 1 is 1.24 bits per heavy atom. The summed E-state index contributed by atoms with van der Waals surface area (Å²) in [4.78, 5) is 11.9. The molecule has 0 aromatic heterocycles. The van der Waals surface area contributed by atoms with Crippen LogP contribution in [0.15, 0.2) is 18.2 Å². The molecule has 5 heteroatoms. The summed E-state index contributed by atoms with van der Waals surface area (Å²) in [5.41, 5.74) is 12.7. The molecule has 17 heavy (non-hydrogen) atoms. The molecular formula is C12H17N3O2. The number of hydrogen-bond acceptors (Lipinski definition) is 4. The number of nitrogens with two attached hydrogens (primary N) is 2. The minimum atomic E-state index is -0.108. The maximum absolute atomic E-state index is 11.9. The van der Waals surface area contributed by atoms with Crippen molar-refractivity contribution in [2.24, 2.45) is 0 Å². The molecule has 0 radical (unpaired) electrons. The van der Waals surface area contributed by atoms with Gasteiger partial charge < -0.3 is 21.5 Å². The molecule has 0 unspecified atom stereocenters. The second kappa shape index (κ2) is 5.05. The van der Waals surface area contributed by atoms with E-state index in [1.54, 1.807) is 18.2 Å². The van der Waals surface area contributed by atoms with E-state index >= 15 is 0 Å². The lowest BCUT2D eigenvalue weighted by atomic mass is 10.1. The van der Waals surface area contributed by atoms with Crippen LogP contribution in [0.2, 0.25) is 0 Å². The second-order valence-corrected chi connectivity index (χ2v) is 4.20. The topological polar surface area (TPSA) is 90.4 Å². The molecule has 0 spiro atoms. The van der Waals surface area contributed by atoms with Gasteiger partial charge in [0, 0.05) is 24.8 Å². The van der Waals surface area contributed by atoms with Crippen molar-refractivity contribution in [2.45, 2.75) is 18.9 Å². The van der Waals surface area contributed by atoms with Crippen LogP contribution >= 0.6 is 0 Å². The summed E-state index contributed by atoms with van der Waals surface area (Å²) in [5.74, 6) is -0.108. The number of nitrogen functional groups attached to an aromatic ring is 2. The highest BCUT2D eigenvalue weighted by atomic mass is 16.5. The number of amides is 1. The standard InChI is InChI=1S/C12H17N3O2/c13-10-2-1-8(7-11(10)14)12(16)15-9-3-5-17-6-4-9/h1-2,7,9H,3-6,13-14H2,(H,15,16). The fraction of sp³-hybridized carbons (Fsp3) is 0.417. The van der Waals surface area contributed by atoms with E-state index in [1.165, 1.54) is 0 Å². The van der Waals surface area contributed by atoms with Crippen LogP contribution in [-0.2, 0) is 4.74 Å². The van der Waals surface area contributed by atoms with Crippen LogP contribution in [0.4, 0.5) is 11.4 Å². The van der Waals surface area contributed by atoms with Gasteiger partial charge in [0.1, 0.15) is 0 Å². The second-order valence-electron chi connectivity index (χ2n) is 4.20. The molecule has 1 amide bonds. The first-order valence-electron chi connectivity index (χ1n) is 5.70. The summed E-state index contributed by atoms with van der Waals surface area (Å²) in [6.45, 7) is 1.41. The van der Waals surface area contributed by atoms with E-state index < -0.39 is 0 Å². The van der Waals surface area contributed by atoms with Gasteiger partial charge in [-0.15, -0.1) is 0 Å². The van der Waals surface area contributed by atoms with Crippen molar-refractivity contribution in [3.63, 3.8) is 0 Å². The van der Waals surface area contributed by atoms with Crippen molar-refractivity contribution in [1.29, 1.82) is 0 Å². The highest BCUT2D eigenvalue weighted by Gasteiger charge is 2.17. The lowest BCUT2D eigenvalue weighted by Crippen LogP contribution is -2.38. The number of nitrogens with one attached hydrogen (secondary N) is 1. The predicted octanol–water partition coefficient (Wildman–Crippen LogP) is 0.760. The van der Waals surface area contributed by atoms with Gasteiger partial charge in [-0.05, 0) is 31.0 Å². The fourth-order valence-corrected chi connectivity index (χ4v) is 1.83. The van der Waals surface area contributed by atoms with Crippen LogP contribution in [0.3, 0.4) is 0 Å². The Bertz CT molecular complexity index is 414. The third kappa shape index (κ3) is 2.88. The average Bonchev–Trinajstić information content (AvgIpc) is 2.34. The minimum Gasteiger partial charge on any atom is -0.397 e. The first kappa shape index (κ1) is 11.7. The highest BCUT2D eigenvalue weighted by Crippen LogP contribution is 2.16. The summed E-state index contributed by atoms with van der Waals surface area (Å²) < 4.78 is 5.23. The molecule has 1 aliphatic rings. The van der Waals surface area contributed by atoms with Crippen LogP contribution in [-0.4, -0.2) is 25.2 Å². The Morgan fingerprint density at radius 2 is 1.94 bits per heavy atom. The number of rotatable bonds is 2. The summed E-state index contributed by atoms with van der Waals surface area (Å²) in [6.07, 6.45) is 1.71. The molecule has 0 bridgehead atoms. The summed E-state index contributed by atoms with van der Waals surface area (Å²) >= 11 is 0. The van der Waals surface area contributed by atoms with Crippen LogP contribution in [0.5, 0.6) is 0 Å². The number of benzene rings is 1. The first-order valence-corrected chi connectivity index (χ1v) is 5.70. The molecule has 0 saturated carbocycles. The Morgan fingerprint density at radius 3 is 2.59 bits per heavy atom. The normalized spacial score (nSPS) is 16.7. The molecule has 1 aliphatic heterocycles. The van der Waals surface area contributed by atoms with Crippen molar-refractivity contribution < 1.29 is 9.53 Å². The zero-order valence-corrected chi connectivity index (χ0v) is 9.61. The monoisotopic (exact) mass is 235 g/mol. The molecule has 1 aromatic carbocycles. The largest absolute Gasteiger partial charge is 0.397 e. The zero-order chi connectivity index (χ0) is 12.3. The summed E-state index contributed by atoms with van der Waals surface area (Å²) in [7, 11) is 0. The van der Waals surface area contributed by atoms with E-state index in [2.05, 4.69) is 5.32 Å². The van der Waals surface area contributed by atoms with Crippen molar-refractivity contribution in [3.8, 4) is 0 Å². The van der Waals surface area contributed by atoms with Gasteiger partial charge in [-0.2, -0.15) is 0 Å². The van der Waals surface area contributed by atoms with Gasteiger partial charge in [0.15, 0.2) is 0 Å². The van der Waals surface area contributed by atoms with Gasteiger partial charge in [0.2, 0.25) is 0 Å². The molecule has 1 saturated heterocycles. The molecular weight excluding hydrogens is 218 g/mol. The minimum absolute atomic E-state index is 0.108. The molecule has 0 atom stereocenters. The van der Waals surface area contributed by atoms with E-state index in [1.807, 2.05) is 0 Å². The Hall–Kier alpha value is -1.75. The fourth-order valence-electron chi connectivity index (χ4n) is 1.83. The zero-order valence-electron chi connectivity index (χ0n) is 9.61. The lowest BCUT2D eigenvalue weighted by Gasteiger charge is -2.23. The van der Waals surface area contributed by atoms with Crippen LogP contribution in [0.1, 0.15) is 23.2 Å². The van der Waals surface area contributed by atoms with E-state index in [9.17, 15) is 4.79 Å². The van der Waals surface area contributed by atoms with E-state index in [-0.39, 0.29) is 11.9 Å². The predicted molar refractivity (Wildman–Crippen MR) is 66.6 cm³/mol. The van der Waals surface area contributed by atoms with Crippen molar-refractivity contribution in [3.05, 3.63) is 23.8 Å². The average molecular weight is 235 g/mol. The quantitative estimate of drug-likeness (QED) is 0.660. The molecule has 1 fully saturated rings. The number of hydrogen-bond donors (Lipinski definition) is 3. The number of anilines is 2. The summed E-state index contributed by atoms with van der Waals surface area (Å²) in [5, 5.41) is 2.97. The molecule has 0 aliphatic carbocycles. The third-order valence-corrected chi connectivity index (χ3v) is 2.91. The van der Waals surface area contributed by atoms with Crippen LogP contribution < -0.4 is 16.8 Å². The van der Waals surface area contributed by atoms with Gasteiger partial charge in [0.25, 0.3) is 5.91 Å². The van der Waals surface area contributed by atoms with Crippen LogP contribution in [0, 0.1) is 0 Å². The van der Waals surface area contributed by atoms with E-state index in [0.717, 1.165) is 12.8 Å². The SMILES string of the molecule is Nc1ccc(C(=O)NC2CCOCC2)cc1N. The van der Waals surface area contributed by atoms with Crippen molar-refractivity contribution in [2.75, 3.05) is 24.7 Å². The van der Waals surface area contributed by atoms with Gasteiger partial charge >= 0.3 is 0 Å². The highest BCUT2D eigenvalue weighted by molar-refractivity contribution is 5.96. The molecule has 5 N–H and O–H groups in total.